The molecule has 1 aromatic rings. The van der Waals surface area contributed by atoms with Crippen molar-refractivity contribution in [1.29, 1.82) is 0 Å². The lowest BCUT2D eigenvalue weighted by molar-refractivity contribution is -0.144. The van der Waals surface area contributed by atoms with Gasteiger partial charge in [-0.15, -0.1) is 0 Å². The van der Waals surface area contributed by atoms with Crippen molar-refractivity contribution >= 4 is 19.6 Å². The van der Waals surface area contributed by atoms with Crippen molar-refractivity contribution in [2.24, 2.45) is 5.92 Å². The summed E-state index contributed by atoms with van der Waals surface area (Å²) in [4.78, 5) is 25.4. The fraction of sp³-hybridized carbons (Fsp3) is 0.500. The molecule has 1 aliphatic heterocycles. The zero-order chi connectivity index (χ0) is 15.9. The summed E-state index contributed by atoms with van der Waals surface area (Å²) >= 11 is 0. The monoisotopic (exact) mass is 302 g/mol. The number of amides is 1. The van der Waals surface area contributed by atoms with Crippen LogP contribution in [0.15, 0.2) is 30.3 Å². The molecule has 2 atom stereocenters. The SMILES string of the molecule is BC(=O)N[C@H]1CN(Cc2ccccc2)C[C@@H]1CC(=O)OCC. The van der Waals surface area contributed by atoms with Gasteiger partial charge in [-0.05, 0) is 12.5 Å². The number of rotatable bonds is 6. The molecule has 0 spiro atoms. The fourth-order valence-electron chi connectivity index (χ4n) is 3.00. The minimum Gasteiger partial charge on any atom is -0.466 e. The molecule has 0 radical (unpaired) electrons. The highest BCUT2D eigenvalue weighted by Crippen LogP contribution is 2.23. The minimum atomic E-state index is -0.190. The summed E-state index contributed by atoms with van der Waals surface area (Å²) in [6.45, 7) is 4.58. The van der Waals surface area contributed by atoms with E-state index in [4.69, 9.17) is 4.74 Å². The molecule has 1 saturated heterocycles. The van der Waals surface area contributed by atoms with Crippen molar-refractivity contribution in [2.75, 3.05) is 19.7 Å². The van der Waals surface area contributed by atoms with Crippen molar-refractivity contribution in [3.63, 3.8) is 0 Å². The van der Waals surface area contributed by atoms with Crippen LogP contribution in [0.3, 0.4) is 0 Å². The van der Waals surface area contributed by atoms with Crippen LogP contribution in [-0.2, 0) is 16.1 Å². The maximum absolute atomic E-state index is 11.7. The molecule has 1 aromatic carbocycles. The van der Waals surface area contributed by atoms with Crippen LogP contribution < -0.4 is 5.32 Å². The molecule has 118 valence electrons. The van der Waals surface area contributed by atoms with Crippen molar-refractivity contribution < 1.29 is 14.3 Å². The predicted octanol–water partition coefficient (Wildman–Crippen LogP) is 0.783. The lowest BCUT2D eigenvalue weighted by Crippen LogP contribution is -2.40. The molecular formula is C16H23BN2O3. The van der Waals surface area contributed by atoms with Crippen LogP contribution in [0, 0.1) is 5.92 Å². The molecule has 1 fully saturated rings. The van der Waals surface area contributed by atoms with E-state index in [-0.39, 0.29) is 23.7 Å². The van der Waals surface area contributed by atoms with Crippen molar-refractivity contribution in [2.45, 2.75) is 25.9 Å². The molecule has 6 heteroatoms. The van der Waals surface area contributed by atoms with Gasteiger partial charge in [0, 0.05) is 31.6 Å². The summed E-state index contributed by atoms with van der Waals surface area (Å²) in [7, 11) is 1.52. The maximum atomic E-state index is 11.7. The molecule has 0 bridgehead atoms. The second-order valence-electron chi connectivity index (χ2n) is 5.76. The summed E-state index contributed by atoms with van der Waals surface area (Å²) in [5.74, 6) is -0.142. The number of carbonyl (C=O) groups excluding carboxylic acids is 2. The van der Waals surface area contributed by atoms with Crippen molar-refractivity contribution in [3.8, 4) is 0 Å². The van der Waals surface area contributed by atoms with Crippen LogP contribution >= 0.6 is 0 Å². The van der Waals surface area contributed by atoms with Gasteiger partial charge in [0.05, 0.1) is 13.0 Å². The molecule has 0 saturated carbocycles. The zero-order valence-electron chi connectivity index (χ0n) is 13.2. The Kier molecular flexibility index (Phi) is 6.01. The largest absolute Gasteiger partial charge is 0.466 e. The van der Waals surface area contributed by atoms with Gasteiger partial charge in [-0.2, -0.15) is 0 Å². The first-order valence-corrected chi connectivity index (χ1v) is 7.77. The number of likely N-dealkylation sites (tertiary alicyclic amines) is 1. The second-order valence-corrected chi connectivity index (χ2v) is 5.76. The van der Waals surface area contributed by atoms with Gasteiger partial charge in [-0.25, -0.2) is 0 Å². The topological polar surface area (TPSA) is 58.6 Å². The highest BCUT2D eigenvalue weighted by Gasteiger charge is 2.34. The molecule has 1 N–H and O–H groups in total. The second kappa shape index (κ2) is 7.99. The molecule has 1 heterocycles. The van der Waals surface area contributed by atoms with Gasteiger partial charge in [-0.3, -0.25) is 14.5 Å². The molecule has 22 heavy (non-hydrogen) atoms. The van der Waals surface area contributed by atoms with Gasteiger partial charge in [-0.1, -0.05) is 30.3 Å². The number of benzene rings is 1. The van der Waals surface area contributed by atoms with E-state index in [0.717, 1.165) is 19.6 Å². The van der Waals surface area contributed by atoms with Crippen LogP contribution in [0.25, 0.3) is 0 Å². The first-order valence-electron chi connectivity index (χ1n) is 7.77. The van der Waals surface area contributed by atoms with E-state index < -0.39 is 0 Å². The van der Waals surface area contributed by atoms with E-state index in [1.807, 2.05) is 18.2 Å². The van der Waals surface area contributed by atoms with E-state index in [2.05, 4.69) is 22.3 Å². The van der Waals surface area contributed by atoms with Crippen LogP contribution in [0.4, 0.5) is 4.79 Å². The third kappa shape index (κ3) is 4.88. The quantitative estimate of drug-likeness (QED) is 0.623. The average molecular weight is 302 g/mol. The first-order chi connectivity index (χ1) is 10.6. The Hall–Kier alpha value is -1.82. The lowest BCUT2D eigenvalue weighted by Gasteiger charge is -2.18. The van der Waals surface area contributed by atoms with Gasteiger partial charge in [0.2, 0.25) is 7.85 Å². The van der Waals surface area contributed by atoms with Gasteiger partial charge >= 0.3 is 5.97 Å². The molecule has 0 aliphatic carbocycles. The number of nitrogens with one attached hydrogen (secondary N) is 1. The van der Waals surface area contributed by atoms with Crippen LogP contribution in [-0.4, -0.2) is 50.3 Å². The Morgan fingerprint density at radius 1 is 1.32 bits per heavy atom. The van der Waals surface area contributed by atoms with E-state index in [0.29, 0.717) is 13.0 Å². The minimum absolute atomic E-state index is 0.00520. The maximum Gasteiger partial charge on any atom is 0.306 e. The standard InChI is InChI=1S/C16H23BN2O3/c1-2-22-15(20)8-13-10-19(11-14(13)18-16(17)21)9-12-6-4-3-5-7-12/h3-7,13-14H,2,8-11,17H2,1H3,(H,18,21)/t13-,14-/m0/s1. The highest BCUT2D eigenvalue weighted by atomic mass is 16.5. The van der Waals surface area contributed by atoms with E-state index in [1.165, 1.54) is 13.4 Å². The zero-order valence-corrected chi connectivity index (χ0v) is 13.2. The number of hydrogen-bond donors (Lipinski definition) is 1. The van der Waals surface area contributed by atoms with E-state index in [1.54, 1.807) is 6.92 Å². The molecular weight excluding hydrogens is 279 g/mol. The Balaban J connectivity index is 1.97. The van der Waals surface area contributed by atoms with Gasteiger partial charge in [0.1, 0.15) is 0 Å². The fourth-order valence-corrected chi connectivity index (χ4v) is 3.00. The Bertz CT molecular complexity index is 509. The van der Waals surface area contributed by atoms with Gasteiger partial charge in [0.15, 0.2) is 5.81 Å². The molecule has 1 aliphatic rings. The Labute approximate surface area is 132 Å². The molecule has 0 unspecified atom stereocenters. The summed E-state index contributed by atoms with van der Waals surface area (Å²) in [6, 6.07) is 10.2. The smallest absolute Gasteiger partial charge is 0.306 e. The summed E-state index contributed by atoms with van der Waals surface area (Å²) in [6.07, 6.45) is 0.351. The summed E-state index contributed by atoms with van der Waals surface area (Å²) in [5, 5.41) is 2.97. The Morgan fingerprint density at radius 2 is 2.05 bits per heavy atom. The number of nitrogens with zero attached hydrogens (tertiary/aromatic N) is 1. The molecule has 2 rings (SSSR count). The van der Waals surface area contributed by atoms with Crippen LogP contribution in [0.1, 0.15) is 18.9 Å². The number of esters is 1. The Morgan fingerprint density at radius 3 is 2.68 bits per heavy atom. The van der Waals surface area contributed by atoms with Gasteiger partial charge < -0.3 is 10.1 Å². The lowest BCUT2D eigenvalue weighted by atomic mass is 9.98. The van der Waals surface area contributed by atoms with Crippen LogP contribution in [0.2, 0.25) is 0 Å². The number of ether oxygens (including phenoxy) is 1. The predicted molar refractivity (Wildman–Crippen MR) is 87.3 cm³/mol. The summed E-state index contributed by atoms with van der Waals surface area (Å²) in [5.41, 5.74) is 1.24. The average Bonchev–Trinajstić information content (AvgIpc) is 2.81. The normalized spacial score (nSPS) is 21.5. The highest BCUT2D eigenvalue weighted by molar-refractivity contribution is 6.57. The number of hydrogen-bond acceptors (Lipinski definition) is 4. The van der Waals surface area contributed by atoms with Crippen molar-refractivity contribution in [1.82, 2.24) is 10.2 Å². The molecule has 1 amide bonds. The number of carbonyl (C=O) groups is 2. The molecule has 5 nitrogen and oxygen atoms in total. The van der Waals surface area contributed by atoms with Gasteiger partial charge in [0.25, 0.3) is 0 Å². The third-order valence-corrected chi connectivity index (χ3v) is 3.89. The molecule has 0 aromatic heterocycles. The van der Waals surface area contributed by atoms with E-state index in [9.17, 15) is 9.59 Å². The first kappa shape index (κ1) is 16.6. The van der Waals surface area contributed by atoms with Crippen LogP contribution in [0.5, 0.6) is 0 Å². The van der Waals surface area contributed by atoms with Crippen molar-refractivity contribution in [3.05, 3.63) is 35.9 Å². The van der Waals surface area contributed by atoms with E-state index >= 15 is 0 Å². The summed E-state index contributed by atoms with van der Waals surface area (Å²) < 4.78 is 5.04. The third-order valence-electron chi connectivity index (χ3n) is 3.89.